The van der Waals surface area contributed by atoms with E-state index in [1.807, 2.05) is 0 Å². The maximum Gasteiger partial charge on any atom is 0.312 e. The van der Waals surface area contributed by atoms with Gasteiger partial charge in [0.1, 0.15) is 0 Å². The second-order valence-corrected chi connectivity index (χ2v) is 5.28. The fourth-order valence-electron chi connectivity index (χ4n) is 2.49. The molecule has 0 saturated carbocycles. The van der Waals surface area contributed by atoms with Crippen molar-refractivity contribution in [2.45, 2.75) is 25.3 Å². The summed E-state index contributed by atoms with van der Waals surface area (Å²) in [5.74, 6) is -0.0911. The van der Waals surface area contributed by atoms with Gasteiger partial charge in [0.15, 0.2) is 0 Å². The molecule has 1 saturated heterocycles. The Kier molecular flexibility index (Phi) is 4.84. The van der Waals surface area contributed by atoms with Crippen molar-refractivity contribution >= 4 is 23.5 Å². The van der Waals surface area contributed by atoms with E-state index in [0.717, 1.165) is 19.3 Å². The van der Waals surface area contributed by atoms with Gasteiger partial charge in [0.25, 0.3) is 5.91 Å². The molecule has 0 bridgehead atoms. The quantitative estimate of drug-likeness (QED) is 0.895. The highest BCUT2D eigenvalue weighted by Crippen LogP contribution is 2.23. The van der Waals surface area contributed by atoms with Crippen molar-refractivity contribution in [3.63, 3.8) is 0 Å². The molecule has 3 amide bonds. The zero-order chi connectivity index (χ0) is 14.5. The monoisotopic (exact) mass is 295 g/mol. The van der Waals surface area contributed by atoms with Crippen LogP contribution in [0.2, 0.25) is 5.02 Å². The molecule has 1 atom stereocenters. The molecule has 1 heterocycles. The molecule has 1 fully saturated rings. The minimum Gasteiger partial charge on any atom is -0.352 e. The summed E-state index contributed by atoms with van der Waals surface area (Å²) in [6.07, 6.45) is 2.86. The van der Waals surface area contributed by atoms with E-state index in [-0.39, 0.29) is 11.9 Å². The zero-order valence-corrected chi connectivity index (χ0v) is 11.9. The highest BCUT2D eigenvalue weighted by atomic mass is 35.5. The van der Waals surface area contributed by atoms with Crippen molar-refractivity contribution in [1.82, 2.24) is 10.2 Å². The van der Waals surface area contributed by atoms with Crippen LogP contribution in [0.1, 0.15) is 29.6 Å². The van der Waals surface area contributed by atoms with E-state index in [4.69, 9.17) is 17.3 Å². The lowest BCUT2D eigenvalue weighted by molar-refractivity contribution is 0.0615. The number of nitrogens with two attached hydrogens (primary N) is 1. The van der Waals surface area contributed by atoms with E-state index in [9.17, 15) is 9.59 Å². The predicted octanol–water partition coefficient (Wildman–Crippen LogP) is 2.00. The van der Waals surface area contributed by atoms with Crippen molar-refractivity contribution in [3.05, 3.63) is 34.9 Å². The highest BCUT2D eigenvalue weighted by molar-refractivity contribution is 6.33. The van der Waals surface area contributed by atoms with E-state index >= 15 is 0 Å². The molecule has 1 aliphatic rings. The summed E-state index contributed by atoms with van der Waals surface area (Å²) in [7, 11) is 0. The molecule has 0 aliphatic carbocycles. The maximum atomic E-state index is 12.6. The highest BCUT2D eigenvalue weighted by Gasteiger charge is 2.28. The van der Waals surface area contributed by atoms with E-state index in [0.29, 0.717) is 23.7 Å². The first kappa shape index (κ1) is 14.7. The van der Waals surface area contributed by atoms with Gasteiger partial charge in [-0.2, -0.15) is 0 Å². The van der Waals surface area contributed by atoms with Crippen LogP contribution in [0.5, 0.6) is 0 Å². The molecule has 5 nitrogen and oxygen atoms in total. The van der Waals surface area contributed by atoms with E-state index in [1.54, 1.807) is 29.2 Å². The number of nitrogens with one attached hydrogen (secondary N) is 1. The fraction of sp³-hybridized carbons (Fsp3) is 0.429. The Morgan fingerprint density at radius 2 is 2.10 bits per heavy atom. The third-order valence-corrected chi connectivity index (χ3v) is 3.83. The van der Waals surface area contributed by atoms with E-state index in [2.05, 4.69) is 5.32 Å². The SMILES string of the molecule is NC(=O)NC[C@@H]1CCCCN1C(=O)c1ccccc1Cl. The van der Waals surface area contributed by atoms with Crippen LogP contribution in [-0.4, -0.2) is 36.0 Å². The number of rotatable bonds is 3. The van der Waals surface area contributed by atoms with Crippen LogP contribution in [-0.2, 0) is 0 Å². The van der Waals surface area contributed by atoms with Crippen LogP contribution < -0.4 is 11.1 Å². The fourth-order valence-corrected chi connectivity index (χ4v) is 2.70. The minimum absolute atomic E-state index is 0.0278. The molecule has 1 aliphatic heterocycles. The van der Waals surface area contributed by atoms with Crippen LogP contribution in [0, 0.1) is 0 Å². The van der Waals surface area contributed by atoms with Crippen LogP contribution >= 0.6 is 11.6 Å². The number of halogens is 1. The third kappa shape index (κ3) is 3.42. The molecule has 2 rings (SSSR count). The summed E-state index contributed by atoms with van der Waals surface area (Å²) in [5.41, 5.74) is 5.59. The lowest BCUT2D eigenvalue weighted by atomic mass is 10.0. The van der Waals surface area contributed by atoms with E-state index in [1.165, 1.54) is 0 Å². The zero-order valence-electron chi connectivity index (χ0n) is 11.1. The standard InChI is InChI=1S/C14H18ClN3O2/c15-12-7-2-1-6-11(12)13(19)18-8-4-3-5-10(18)9-17-14(16)20/h1-2,6-7,10H,3-5,8-9H2,(H3,16,17,20)/t10-/m0/s1. The maximum absolute atomic E-state index is 12.6. The molecule has 108 valence electrons. The molecular formula is C14H18ClN3O2. The predicted molar refractivity (Wildman–Crippen MR) is 77.7 cm³/mol. The normalized spacial score (nSPS) is 18.6. The summed E-state index contributed by atoms with van der Waals surface area (Å²) in [4.78, 5) is 25.2. The molecule has 1 aromatic rings. The summed E-state index contributed by atoms with van der Waals surface area (Å²) in [5, 5.41) is 3.03. The number of hydrogen-bond acceptors (Lipinski definition) is 2. The number of carbonyl (C=O) groups excluding carboxylic acids is 2. The number of hydrogen-bond donors (Lipinski definition) is 2. The van der Waals surface area contributed by atoms with Gasteiger partial charge in [0.05, 0.1) is 10.6 Å². The number of urea groups is 1. The summed E-state index contributed by atoms with van der Waals surface area (Å²) in [6.45, 7) is 1.06. The van der Waals surface area contributed by atoms with Gasteiger partial charge in [-0.05, 0) is 31.4 Å². The average Bonchev–Trinajstić information content (AvgIpc) is 2.45. The first-order valence-corrected chi connectivity index (χ1v) is 7.06. The Balaban J connectivity index is 2.13. The number of piperidine rings is 1. The molecule has 6 heteroatoms. The molecule has 0 spiro atoms. The number of primary amides is 1. The van der Waals surface area contributed by atoms with Crippen LogP contribution in [0.4, 0.5) is 4.79 Å². The Morgan fingerprint density at radius 3 is 2.80 bits per heavy atom. The third-order valence-electron chi connectivity index (χ3n) is 3.50. The Hall–Kier alpha value is -1.75. The molecule has 0 radical (unpaired) electrons. The van der Waals surface area contributed by atoms with E-state index < -0.39 is 6.03 Å². The van der Waals surface area contributed by atoms with Gasteiger partial charge >= 0.3 is 6.03 Å². The Morgan fingerprint density at radius 1 is 1.35 bits per heavy atom. The van der Waals surface area contributed by atoms with Gasteiger partial charge in [-0.3, -0.25) is 4.79 Å². The molecule has 1 aromatic carbocycles. The minimum atomic E-state index is -0.569. The lowest BCUT2D eigenvalue weighted by Gasteiger charge is -2.36. The molecule has 3 N–H and O–H groups in total. The topological polar surface area (TPSA) is 75.4 Å². The smallest absolute Gasteiger partial charge is 0.312 e. The lowest BCUT2D eigenvalue weighted by Crippen LogP contribution is -2.50. The Labute approximate surface area is 123 Å². The number of likely N-dealkylation sites (tertiary alicyclic amines) is 1. The average molecular weight is 296 g/mol. The molecule has 0 unspecified atom stereocenters. The largest absolute Gasteiger partial charge is 0.352 e. The van der Waals surface area contributed by atoms with Crippen molar-refractivity contribution in [1.29, 1.82) is 0 Å². The van der Waals surface area contributed by atoms with Gasteiger partial charge in [-0.15, -0.1) is 0 Å². The van der Waals surface area contributed by atoms with Crippen LogP contribution in [0.3, 0.4) is 0 Å². The summed E-state index contributed by atoms with van der Waals surface area (Å²) < 4.78 is 0. The number of benzene rings is 1. The van der Waals surface area contributed by atoms with Gasteiger partial charge < -0.3 is 16.0 Å². The summed E-state index contributed by atoms with van der Waals surface area (Å²) in [6, 6.07) is 6.41. The first-order chi connectivity index (χ1) is 9.59. The number of nitrogens with zero attached hydrogens (tertiary/aromatic N) is 1. The Bertz CT molecular complexity index is 507. The second-order valence-electron chi connectivity index (χ2n) is 4.87. The van der Waals surface area contributed by atoms with Gasteiger partial charge in [-0.1, -0.05) is 23.7 Å². The van der Waals surface area contributed by atoms with Crippen molar-refractivity contribution < 1.29 is 9.59 Å². The first-order valence-electron chi connectivity index (χ1n) is 6.68. The van der Waals surface area contributed by atoms with Gasteiger partial charge in [0.2, 0.25) is 0 Å². The molecule has 0 aromatic heterocycles. The molecular weight excluding hydrogens is 278 g/mol. The van der Waals surface area contributed by atoms with Gasteiger partial charge in [0, 0.05) is 19.1 Å². The molecule has 20 heavy (non-hydrogen) atoms. The van der Waals surface area contributed by atoms with Crippen LogP contribution in [0.25, 0.3) is 0 Å². The number of carbonyl (C=O) groups is 2. The van der Waals surface area contributed by atoms with Gasteiger partial charge in [-0.25, -0.2) is 4.79 Å². The van der Waals surface area contributed by atoms with Crippen LogP contribution in [0.15, 0.2) is 24.3 Å². The summed E-state index contributed by atoms with van der Waals surface area (Å²) >= 11 is 6.08. The second kappa shape index (κ2) is 6.61. The van der Waals surface area contributed by atoms with Crippen molar-refractivity contribution in [2.24, 2.45) is 5.73 Å². The van der Waals surface area contributed by atoms with Crippen molar-refractivity contribution in [3.8, 4) is 0 Å². The van der Waals surface area contributed by atoms with Crippen molar-refractivity contribution in [2.75, 3.05) is 13.1 Å². The number of amides is 3.